The van der Waals surface area contributed by atoms with E-state index >= 15 is 0 Å². The third-order valence-electron chi connectivity index (χ3n) is 4.95. The predicted octanol–water partition coefficient (Wildman–Crippen LogP) is 4.03. The summed E-state index contributed by atoms with van der Waals surface area (Å²) in [7, 11) is 0. The number of nitrogens with zero attached hydrogens (tertiary/aromatic N) is 3. The lowest BCUT2D eigenvalue weighted by Gasteiger charge is -2.10. The molecule has 0 saturated carbocycles. The van der Waals surface area contributed by atoms with E-state index in [1.54, 1.807) is 6.20 Å². The number of hydrogen-bond donors (Lipinski definition) is 1. The Balaban J connectivity index is 1.61. The second-order valence-electron chi connectivity index (χ2n) is 6.88. The Hall–Kier alpha value is -3.47. The van der Waals surface area contributed by atoms with E-state index < -0.39 is 0 Å². The number of imidazole rings is 1. The lowest BCUT2D eigenvalue weighted by atomic mass is 10.1. The Morgan fingerprint density at radius 1 is 1.04 bits per heavy atom. The average molecular weight is 370 g/mol. The minimum Gasteiger partial charge on any atom is -0.346 e. The number of benzene rings is 2. The Bertz CT molecular complexity index is 1130. The largest absolute Gasteiger partial charge is 0.346 e. The molecule has 0 atom stereocenters. The maximum absolute atomic E-state index is 12.6. The maximum atomic E-state index is 12.6. The molecule has 0 fully saturated rings. The van der Waals surface area contributed by atoms with Crippen molar-refractivity contribution < 1.29 is 4.79 Å². The van der Waals surface area contributed by atoms with Crippen LogP contribution in [-0.2, 0) is 13.1 Å². The molecule has 1 amide bonds. The number of hydrogen-bond acceptors (Lipinski definition) is 3. The highest BCUT2D eigenvalue weighted by molar-refractivity contribution is 5.97. The minimum absolute atomic E-state index is 0.117. The molecule has 0 bridgehead atoms. The summed E-state index contributed by atoms with van der Waals surface area (Å²) in [6.07, 6.45) is 1.72. The zero-order valence-electron chi connectivity index (χ0n) is 16.0. The van der Waals surface area contributed by atoms with Crippen molar-refractivity contribution in [2.45, 2.75) is 26.9 Å². The number of pyridine rings is 1. The van der Waals surface area contributed by atoms with Crippen molar-refractivity contribution in [3.8, 4) is 0 Å². The lowest BCUT2D eigenvalue weighted by Crippen LogP contribution is -2.23. The molecule has 0 spiro atoms. The van der Waals surface area contributed by atoms with Crippen LogP contribution in [0, 0.1) is 13.8 Å². The van der Waals surface area contributed by atoms with Crippen LogP contribution in [0.5, 0.6) is 0 Å². The summed E-state index contributed by atoms with van der Waals surface area (Å²) in [5.74, 6) is 0.818. The van der Waals surface area contributed by atoms with E-state index in [0.29, 0.717) is 12.1 Å². The Labute approximate surface area is 164 Å². The zero-order valence-corrected chi connectivity index (χ0v) is 16.0. The second-order valence-corrected chi connectivity index (χ2v) is 6.88. The number of aryl methyl sites for hydroxylation is 2. The number of carbonyl (C=O) groups excluding carboxylic acids is 1. The number of aromatic nitrogens is 3. The molecule has 4 aromatic rings. The smallest absolute Gasteiger partial charge is 0.251 e. The highest BCUT2D eigenvalue weighted by atomic mass is 16.1. The van der Waals surface area contributed by atoms with Gasteiger partial charge in [-0.05, 0) is 55.3 Å². The highest BCUT2D eigenvalue weighted by Crippen LogP contribution is 2.20. The van der Waals surface area contributed by atoms with Gasteiger partial charge in [-0.15, -0.1) is 0 Å². The molecule has 0 saturated heterocycles. The highest BCUT2D eigenvalue weighted by Gasteiger charge is 2.13. The van der Waals surface area contributed by atoms with Crippen LogP contribution in [0.1, 0.15) is 33.0 Å². The number of amides is 1. The summed E-state index contributed by atoms with van der Waals surface area (Å²) in [5, 5.41) is 2.93. The van der Waals surface area contributed by atoms with E-state index in [9.17, 15) is 4.79 Å². The van der Waals surface area contributed by atoms with Crippen LogP contribution >= 0.6 is 0 Å². The molecular weight excluding hydrogens is 348 g/mol. The van der Waals surface area contributed by atoms with E-state index in [0.717, 1.165) is 29.1 Å². The first kappa shape index (κ1) is 17.9. The fourth-order valence-electron chi connectivity index (χ4n) is 3.32. The molecule has 28 heavy (non-hydrogen) atoms. The van der Waals surface area contributed by atoms with Crippen LogP contribution in [0.25, 0.3) is 11.0 Å². The monoisotopic (exact) mass is 370 g/mol. The van der Waals surface area contributed by atoms with E-state index in [2.05, 4.69) is 38.9 Å². The number of fused-ring (bicyclic) bond motifs is 1. The van der Waals surface area contributed by atoms with Gasteiger partial charge < -0.3 is 9.88 Å². The summed E-state index contributed by atoms with van der Waals surface area (Å²) < 4.78 is 2.16. The zero-order chi connectivity index (χ0) is 19.5. The van der Waals surface area contributed by atoms with E-state index in [1.807, 2.05) is 55.5 Å². The van der Waals surface area contributed by atoms with Gasteiger partial charge in [0, 0.05) is 18.3 Å². The van der Waals surface area contributed by atoms with Crippen molar-refractivity contribution >= 4 is 16.9 Å². The summed E-state index contributed by atoms with van der Waals surface area (Å²) in [5.41, 5.74) is 5.80. The molecule has 140 valence electrons. The molecular formula is C23H22N4O. The maximum Gasteiger partial charge on any atom is 0.251 e. The van der Waals surface area contributed by atoms with Gasteiger partial charge in [0.15, 0.2) is 0 Å². The van der Waals surface area contributed by atoms with Crippen LogP contribution in [0.4, 0.5) is 0 Å². The van der Waals surface area contributed by atoms with Crippen molar-refractivity contribution in [3.05, 3.63) is 95.1 Å². The topological polar surface area (TPSA) is 59.8 Å². The molecule has 2 aromatic heterocycles. The summed E-state index contributed by atoms with van der Waals surface area (Å²) in [6.45, 7) is 5.24. The third-order valence-corrected chi connectivity index (χ3v) is 4.95. The second kappa shape index (κ2) is 7.64. The van der Waals surface area contributed by atoms with Crippen LogP contribution in [-0.4, -0.2) is 20.4 Å². The first-order valence-electron chi connectivity index (χ1n) is 9.31. The van der Waals surface area contributed by atoms with Gasteiger partial charge in [-0.2, -0.15) is 0 Å². The van der Waals surface area contributed by atoms with Gasteiger partial charge in [-0.25, -0.2) is 4.98 Å². The molecule has 0 unspecified atom stereocenters. The SMILES string of the molecule is Cc1ccccc1Cn1c(C)nc2ccc(C(=O)NCc3ccccn3)cc21. The summed E-state index contributed by atoms with van der Waals surface area (Å²) in [6, 6.07) is 19.6. The molecule has 2 heterocycles. The molecule has 0 radical (unpaired) electrons. The Kier molecular flexibility index (Phi) is 4.89. The molecule has 5 nitrogen and oxygen atoms in total. The first-order valence-corrected chi connectivity index (χ1v) is 9.31. The van der Waals surface area contributed by atoms with Gasteiger partial charge >= 0.3 is 0 Å². The lowest BCUT2D eigenvalue weighted by molar-refractivity contribution is 0.0950. The van der Waals surface area contributed by atoms with E-state index in [1.165, 1.54) is 11.1 Å². The average Bonchev–Trinajstić information content (AvgIpc) is 3.03. The normalized spacial score (nSPS) is 10.9. The van der Waals surface area contributed by atoms with Crippen molar-refractivity contribution in [1.29, 1.82) is 0 Å². The number of nitrogens with one attached hydrogen (secondary N) is 1. The molecule has 0 aliphatic carbocycles. The molecule has 2 aromatic carbocycles. The van der Waals surface area contributed by atoms with Gasteiger partial charge in [0.2, 0.25) is 0 Å². The van der Waals surface area contributed by atoms with Gasteiger partial charge in [0.25, 0.3) is 5.91 Å². The minimum atomic E-state index is -0.117. The van der Waals surface area contributed by atoms with Crippen molar-refractivity contribution in [2.24, 2.45) is 0 Å². The fourth-order valence-corrected chi connectivity index (χ4v) is 3.32. The Morgan fingerprint density at radius 2 is 1.86 bits per heavy atom. The van der Waals surface area contributed by atoms with Gasteiger partial charge in [0.1, 0.15) is 5.82 Å². The third kappa shape index (κ3) is 3.64. The predicted molar refractivity (Wildman–Crippen MR) is 110 cm³/mol. The van der Waals surface area contributed by atoms with Crippen molar-refractivity contribution in [1.82, 2.24) is 19.9 Å². The molecule has 0 aliphatic rings. The van der Waals surface area contributed by atoms with Crippen LogP contribution in [0.3, 0.4) is 0 Å². The molecule has 1 N–H and O–H groups in total. The number of carbonyl (C=O) groups is 1. The molecule has 4 rings (SSSR count). The van der Waals surface area contributed by atoms with Crippen LogP contribution < -0.4 is 5.32 Å². The summed E-state index contributed by atoms with van der Waals surface area (Å²) in [4.78, 5) is 21.5. The standard InChI is InChI=1S/C23H22N4O/c1-16-7-3-4-8-19(16)15-27-17(2)26-21-11-10-18(13-22(21)27)23(28)25-14-20-9-5-6-12-24-20/h3-13H,14-15H2,1-2H3,(H,25,28). The molecule has 5 heteroatoms. The van der Waals surface area contributed by atoms with E-state index in [4.69, 9.17) is 0 Å². The van der Waals surface area contributed by atoms with Crippen molar-refractivity contribution in [3.63, 3.8) is 0 Å². The first-order chi connectivity index (χ1) is 13.6. The van der Waals surface area contributed by atoms with Crippen LogP contribution in [0.2, 0.25) is 0 Å². The quantitative estimate of drug-likeness (QED) is 0.577. The van der Waals surface area contributed by atoms with Gasteiger partial charge in [-0.1, -0.05) is 30.3 Å². The number of rotatable bonds is 5. The van der Waals surface area contributed by atoms with Crippen molar-refractivity contribution in [2.75, 3.05) is 0 Å². The molecule has 0 aliphatic heterocycles. The Morgan fingerprint density at radius 3 is 2.64 bits per heavy atom. The van der Waals surface area contributed by atoms with Crippen LogP contribution in [0.15, 0.2) is 66.9 Å². The van der Waals surface area contributed by atoms with Gasteiger partial charge in [0.05, 0.1) is 23.3 Å². The fraction of sp³-hybridized carbons (Fsp3) is 0.174. The summed E-state index contributed by atoms with van der Waals surface area (Å²) >= 11 is 0. The van der Waals surface area contributed by atoms with Gasteiger partial charge in [-0.3, -0.25) is 9.78 Å². The van der Waals surface area contributed by atoms with E-state index in [-0.39, 0.29) is 5.91 Å².